The molecule has 1 amide bonds. The first-order valence-corrected chi connectivity index (χ1v) is 14.4. The highest BCUT2D eigenvalue weighted by molar-refractivity contribution is 5.94. The van der Waals surface area contributed by atoms with Crippen molar-refractivity contribution in [3.8, 4) is 12.1 Å². The Labute approximate surface area is 241 Å². The van der Waals surface area contributed by atoms with Crippen LogP contribution in [0.1, 0.15) is 30.5 Å². The summed E-state index contributed by atoms with van der Waals surface area (Å²) in [6.07, 6.45) is 4.35. The number of aromatic nitrogens is 2. The number of carbonyl (C=O) groups excluding carboxylic acids is 1. The van der Waals surface area contributed by atoms with Crippen molar-refractivity contribution in [2.45, 2.75) is 43.9 Å². The molecule has 0 spiro atoms. The minimum atomic E-state index is -0.253. The lowest BCUT2D eigenvalue weighted by atomic mass is 10.0. The molecule has 1 saturated carbocycles. The molecule has 3 aromatic rings. The lowest BCUT2D eigenvalue weighted by molar-refractivity contribution is -0.128. The molecule has 1 atom stereocenters. The standard InChI is InChI=1S/C32H37N7O2/c1-4-29(40)39-19-18-38(20-24(39)12-16-33)30-26-13-17-37(28-11-7-9-23-8-5-6-10-25(23)28)21-27(26)34-31(35-30)41-32(14-15-32)22-36(2)3/h4-11,24H,1,12-15,17-22H2,2-3H3/t24-/m0/s1. The van der Waals surface area contributed by atoms with Crippen molar-refractivity contribution >= 4 is 28.2 Å². The molecule has 1 aliphatic carbocycles. The average Bonchev–Trinajstić information content (AvgIpc) is 3.73. The molecule has 2 fully saturated rings. The Balaban J connectivity index is 1.36. The van der Waals surface area contributed by atoms with Gasteiger partial charge in [0.1, 0.15) is 11.4 Å². The summed E-state index contributed by atoms with van der Waals surface area (Å²) in [5.74, 6) is 0.737. The third-order valence-corrected chi connectivity index (χ3v) is 8.42. The molecule has 0 bridgehead atoms. The molecule has 6 rings (SSSR count). The van der Waals surface area contributed by atoms with Gasteiger partial charge < -0.3 is 24.3 Å². The molecule has 0 N–H and O–H groups in total. The Bertz CT molecular complexity index is 1500. The maximum absolute atomic E-state index is 12.5. The van der Waals surface area contributed by atoms with Crippen LogP contribution in [-0.4, -0.2) is 84.1 Å². The van der Waals surface area contributed by atoms with E-state index in [-0.39, 0.29) is 24.0 Å². The fourth-order valence-corrected chi connectivity index (χ4v) is 6.32. The van der Waals surface area contributed by atoms with Gasteiger partial charge in [-0.1, -0.05) is 43.0 Å². The largest absolute Gasteiger partial charge is 0.455 e. The van der Waals surface area contributed by atoms with Crippen molar-refractivity contribution < 1.29 is 9.53 Å². The van der Waals surface area contributed by atoms with Gasteiger partial charge in [0, 0.05) is 49.4 Å². The fraction of sp³-hybridized carbons (Fsp3) is 0.438. The lowest BCUT2D eigenvalue weighted by Crippen LogP contribution is -2.55. The monoisotopic (exact) mass is 551 g/mol. The van der Waals surface area contributed by atoms with Gasteiger partial charge in [-0.2, -0.15) is 15.2 Å². The van der Waals surface area contributed by atoms with Crippen LogP contribution in [0.2, 0.25) is 0 Å². The van der Waals surface area contributed by atoms with E-state index in [2.05, 4.69) is 83.9 Å². The molecule has 41 heavy (non-hydrogen) atoms. The minimum absolute atomic E-state index is 0.135. The molecular formula is C32H37N7O2. The number of piperazine rings is 1. The number of carbonyl (C=O) groups is 1. The van der Waals surface area contributed by atoms with Crippen LogP contribution < -0.4 is 14.5 Å². The molecule has 2 aromatic carbocycles. The number of nitrogens with zero attached hydrogens (tertiary/aromatic N) is 7. The number of ether oxygens (including phenoxy) is 1. The van der Waals surface area contributed by atoms with Crippen molar-refractivity contribution in [2.24, 2.45) is 0 Å². The number of benzene rings is 2. The number of likely N-dealkylation sites (N-methyl/N-ethyl adjacent to an activating group) is 1. The molecule has 0 radical (unpaired) electrons. The molecule has 212 valence electrons. The second kappa shape index (κ2) is 11.0. The zero-order chi connectivity index (χ0) is 28.6. The summed E-state index contributed by atoms with van der Waals surface area (Å²) in [6.45, 7) is 7.65. The third-order valence-electron chi connectivity index (χ3n) is 8.42. The minimum Gasteiger partial charge on any atom is -0.455 e. The molecular weight excluding hydrogens is 514 g/mol. The van der Waals surface area contributed by atoms with Gasteiger partial charge in [0.15, 0.2) is 0 Å². The predicted molar refractivity (Wildman–Crippen MR) is 160 cm³/mol. The smallest absolute Gasteiger partial charge is 0.319 e. The maximum Gasteiger partial charge on any atom is 0.319 e. The van der Waals surface area contributed by atoms with Crippen LogP contribution in [0.4, 0.5) is 11.5 Å². The first-order chi connectivity index (χ1) is 19.9. The maximum atomic E-state index is 12.5. The van der Waals surface area contributed by atoms with E-state index in [1.54, 1.807) is 4.90 Å². The van der Waals surface area contributed by atoms with E-state index in [0.29, 0.717) is 32.2 Å². The highest BCUT2D eigenvalue weighted by Gasteiger charge is 2.47. The Hall–Kier alpha value is -4.16. The van der Waals surface area contributed by atoms with Crippen LogP contribution in [0.15, 0.2) is 55.1 Å². The van der Waals surface area contributed by atoms with Gasteiger partial charge in [-0.15, -0.1) is 0 Å². The summed E-state index contributed by atoms with van der Waals surface area (Å²) in [5, 5.41) is 12.0. The van der Waals surface area contributed by atoms with Crippen molar-refractivity contribution in [3.63, 3.8) is 0 Å². The Kier molecular flexibility index (Phi) is 7.26. The molecule has 1 aromatic heterocycles. The van der Waals surface area contributed by atoms with E-state index in [1.165, 1.54) is 22.5 Å². The number of anilines is 2. The van der Waals surface area contributed by atoms with Crippen LogP contribution in [0.5, 0.6) is 6.01 Å². The average molecular weight is 552 g/mol. The van der Waals surface area contributed by atoms with Crippen molar-refractivity contribution in [3.05, 3.63) is 66.4 Å². The molecule has 9 nitrogen and oxygen atoms in total. The predicted octanol–water partition coefficient (Wildman–Crippen LogP) is 3.78. The second-order valence-electron chi connectivity index (χ2n) is 11.6. The van der Waals surface area contributed by atoms with Crippen LogP contribution in [0.25, 0.3) is 10.8 Å². The fourth-order valence-electron chi connectivity index (χ4n) is 6.32. The quantitative estimate of drug-likeness (QED) is 0.391. The van der Waals surface area contributed by atoms with Gasteiger partial charge in [-0.25, -0.2) is 0 Å². The van der Waals surface area contributed by atoms with Crippen LogP contribution in [-0.2, 0) is 17.8 Å². The lowest BCUT2D eigenvalue weighted by Gasteiger charge is -2.42. The number of fused-ring (bicyclic) bond motifs is 2. The zero-order valence-electron chi connectivity index (χ0n) is 23.9. The van der Waals surface area contributed by atoms with E-state index < -0.39 is 0 Å². The number of amides is 1. The second-order valence-corrected chi connectivity index (χ2v) is 11.6. The number of hydrogen-bond acceptors (Lipinski definition) is 8. The topological polar surface area (TPSA) is 88.8 Å². The molecule has 9 heteroatoms. The molecule has 3 heterocycles. The third kappa shape index (κ3) is 5.44. The summed E-state index contributed by atoms with van der Waals surface area (Å²) in [7, 11) is 4.12. The van der Waals surface area contributed by atoms with Crippen LogP contribution in [0, 0.1) is 11.3 Å². The molecule has 2 aliphatic heterocycles. The normalized spacial score (nSPS) is 19.6. The van der Waals surface area contributed by atoms with Gasteiger partial charge in [-0.05, 0) is 50.9 Å². The summed E-state index contributed by atoms with van der Waals surface area (Å²) >= 11 is 0. The molecule has 1 saturated heterocycles. The Morgan fingerprint density at radius 1 is 1.15 bits per heavy atom. The van der Waals surface area contributed by atoms with Crippen LogP contribution >= 0.6 is 0 Å². The summed E-state index contributed by atoms with van der Waals surface area (Å²) in [6, 6.07) is 17.4. The van der Waals surface area contributed by atoms with E-state index in [9.17, 15) is 10.1 Å². The van der Waals surface area contributed by atoms with Gasteiger partial charge in [0.05, 0.1) is 30.8 Å². The van der Waals surface area contributed by atoms with Crippen molar-refractivity contribution in [1.82, 2.24) is 19.8 Å². The van der Waals surface area contributed by atoms with Crippen molar-refractivity contribution in [2.75, 3.05) is 56.6 Å². The van der Waals surface area contributed by atoms with E-state index in [4.69, 9.17) is 14.7 Å². The number of nitriles is 1. The highest BCUT2D eigenvalue weighted by atomic mass is 16.5. The van der Waals surface area contributed by atoms with Gasteiger partial charge >= 0.3 is 6.01 Å². The summed E-state index contributed by atoms with van der Waals surface area (Å²) in [5.41, 5.74) is 3.06. The summed E-state index contributed by atoms with van der Waals surface area (Å²) in [4.78, 5) is 31.1. The van der Waals surface area contributed by atoms with Crippen molar-refractivity contribution in [1.29, 1.82) is 5.26 Å². The van der Waals surface area contributed by atoms with E-state index in [1.807, 2.05) is 0 Å². The first kappa shape index (κ1) is 27.0. The first-order valence-electron chi connectivity index (χ1n) is 14.4. The van der Waals surface area contributed by atoms with E-state index in [0.717, 1.165) is 49.4 Å². The Morgan fingerprint density at radius 3 is 2.71 bits per heavy atom. The van der Waals surface area contributed by atoms with E-state index >= 15 is 0 Å². The van der Waals surface area contributed by atoms with Gasteiger partial charge in [0.25, 0.3) is 0 Å². The number of rotatable bonds is 8. The van der Waals surface area contributed by atoms with Crippen LogP contribution in [0.3, 0.4) is 0 Å². The molecule has 3 aliphatic rings. The number of hydrogen-bond donors (Lipinski definition) is 0. The molecule has 0 unspecified atom stereocenters. The Morgan fingerprint density at radius 2 is 1.95 bits per heavy atom. The zero-order valence-corrected chi connectivity index (χ0v) is 23.9. The van der Waals surface area contributed by atoms with Gasteiger partial charge in [-0.3, -0.25) is 4.79 Å². The SMILES string of the molecule is C=CC(=O)N1CCN(c2nc(OC3(CN(C)C)CC3)nc3c2CCN(c2cccc4ccccc24)C3)C[C@@H]1CC#N. The highest BCUT2D eigenvalue weighted by Crippen LogP contribution is 2.41. The summed E-state index contributed by atoms with van der Waals surface area (Å²) < 4.78 is 6.54. The van der Waals surface area contributed by atoms with Gasteiger partial charge in [0.2, 0.25) is 5.91 Å².